The summed E-state index contributed by atoms with van der Waals surface area (Å²) in [5, 5.41) is 9.81. The number of aromatic hydroxyl groups is 1. The molecule has 0 heterocycles. The van der Waals surface area contributed by atoms with Gasteiger partial charge in [-0.2, -0.15) is 0 Å². The van der Waals surface area contributed by atoms with Crippen molar-refractivity contribution in [2.75, 3.05) is 6.54 Å². The SMILES string of the molecule is CC(CN)C1CCc2cccc(O)c21. The Morgan fingerprint density at radius 2 is 2.36 bits per heavy atom. The van der Waals surface area contributed by atoms with Gasteiger partial charge < -0.3 is 10.8 Å². The van der Waals surface area contributed by atoms with E-state index in [1.165, 1.54) is 5.56 Å². The Labute approximate surface area is 84.7 Å². The third kappa shape index (κ3) is 1.40. The largest absolute Gasteiger partial charge is 0.508 e. The minimum atomic E-state index is 0.449. The van der Waals surface area contributed by atoms with E-state index in [9.17, 15) is 5.11 Å². The maximum Gasteiger partial charge on any atom is 0.119 e. The molecule has 0 amide bonds. The standard InChI is InChI=1S/C12H17NO/c1-8(7-13)10-6-5-9-3-2-4-11(14)12(9)10/h2-4,8,10,14H,5-7,13H2,1H3. The Balaban J connectivity index is 2.38. The van der Waals surface area contributed by atoms with Gasteiger partial charge >= 0.3 is 0 Å². The van der Waals surface area contributed by atoms with Crippen LogP contribution in [0.15, 0.2) is 18.2 Å². The van der Waals surface area contributed by atoms with Crippen LogP contribution >= 0.6 is 0 Å². The number of phenols is 1. The number of aryl methyl sites for hydroxylation is 1. The van der Waals surface area contributed by atoms with Crippen LogP contribution in [0.2, 0.25) is 0 Å². The van der Waals surface area contributed by atoms with E-state index in [0.29, 0.717) is 24.1 Å². The lowest BCUT2D eigenvalue weighted by Crippen LogP contribution is -2.17. The van der Waals surface area contributed by atoms with Gasteiger partial charge in [0, 0.05) is 5.56 Å². The zero-order chi connectivity index (χ0) is 10.1. The van der Waals surface area contributed by atoms with Crippen molar-refractivity contribution in [3.8, 4) is 5.75 Å². The van der Waals surface area contributed by atoms with Crippen LogP contribution in [0, 0.1) is 5.92 Å². The Kier molecular flexibility index (Phi) is 2.46. The van der Waals surface area contributed by atoms with E-state index in [4.69, 9.17) is 5.73 Å². The topological polar surface area (TPSA) is 46.2 Å². The molecule has 1 aromatic rings. The van der Waals surface area contributed by atoms with Crippen LogP contribution in [-0.4, -0.2) is 11.7 Å². The van der Waals surface area contributed by atoms with Gasteiger partial charge in [0.25, 0.3) is 0 Å². The summed E-state index contributed by atoms with van der Waals surface area (Å²) in [5.41, 5.74) is 8.12. The second-order valence-corrected chi connectivity index (χ2v) is 4.21. The van der Waals surface area contributed by atoms with Crippen LogP contribution in [0.4, 0.5) is 0 Å². The highest BCUT2D eigenvalue weighted by molar-refractivity contribution is 5.45. The predicted molar refractivity (Wildman–Crippen MR) is 57.4 cm³/mol. The van der Waals surface area contributed by atoms with E-state index in [0.717, 1.165) is 18.4 Å². The summed E-state index contributed by atoms with van der Waals surface area (Å²) >= 11 is 0. The fourth-order valence-electron chi connectivity index (χ4n) is 2.43. The zero-order valence-corrected chi connectivity index (χ0v) is 8.53. The first-order valence-electron chi connectivity index (χ1n) is 5.25. The Morgan fingerprint density at radius 3 is 3.07 bits per heavy atom. The highest BCUT2D eigenvalue weighted by Crippen LogP contribution is 2.42. The molecule has 0 bridgehead atoms. The number of hydrogen-bond donors (Lipinski definition) is 2. The van der Waals surface area contributed by atoms with E-state index in [-0.39, 0.29) is 0 Å². The predicted octanol–water partition coefficient (Wildman–Crippen LogP) is 2.02. The van der Waals surface area contributed by atoms with Gasteiger partial charge in [0.2, 0.25) is 0 Å². The molecule has 2 atom stereocenters. The number of nitrogens with two attached hydrogens (primary N) is 1. The summed E-state index contributed by atoms with van der Waals surface area (Å²) < 4.78 is 0. The molecule has 1 aromatic carbocycles. The normalized spacial score (nSPS) is 22.0. The molecule has 2 nitrogen and oxygen atoms in total. The fourth-order valence-corrected chi connectivity index (χ4v) is 2.43. The van der Waals surface area contributed by atoms with Crippen molar-refractivity contribution in [1.29, 1.82) is 0 Å². The van der Waals surface area contributed by atoms with Gasteiger partial charge in [0.05, 0.1) is 0 Å². The van der Waals surface area contributed by atoms with E-state index in [2.05, 4.69) is 13.0 Å². The lowest BCUT2D eigenvalue weighted by atomic mass is 9.88. The number of fused-ring (bicyclic) bond motifs is 1. The lowest BCUT2D eigenvalue weighted by Gasteiger charge is -2.19. The average molecular weight is 191 g/mol. The molecule has 0 radical (unpaired) electrons. The van der Waals surface area contributed by atoms with Gasteiger partial charge in [0.15, 0.2) is 0 Å². The molecule has 76 valence electrons. The third-order valence-electron chi connectivity index (χ3n) is 3.33. The van der Waals surface area contributed by atoms with Gasteiger partial charge in [-0.25, -0.2) is 0 Å². The maximum atomic E-state index is 9.81. The van der Waals surface area contributed by atoms with Crippen LogP contribution in [0.5, 0.6) is 5.75 Å². The van der Waals surface area contributed by atoms with Crippen molar-refractivity contribution in [3.05, 3.63) is 29.3 Å². The summed E-state index contributed by atoms with van der Waals surface area (Å²) in [6.07, 6.45) is 2.21. The average Bonchev–Trinajstić information content (AvgIpc) is 2.62. The second kappa shape index (κ2) is 3.62. The molecule has 2 rings (SSSR count). The van der Waals surface area contributed by atoms with Gasteiger partial charge in [0.1, 0.15) is 5.75 Å². The molecule has 0 spiro atoms. The highest BCUT2D eigenvalue weighted by Gasteiger charge is 2.28. The van der Waals surface area contributed by atoms with E-state index in [1.54, 1.807) is 6.07 Å². The first kappa shape index (κ1) is 9.53. The minimum absolute atomic E-state index is 0.449. The van der Waals surface area contributed by atoms with Gasteiger partial charge in [-0.1, -0.05) is 19.1 Å². The molecule has 1 aliphatic rings. The molecule has 14 heavy (non-hydrogen) atoms. The number of phenolic OH excluding ortho intramolecular Hbond substituents is 1. The number of benzene rings is 1. The first-order chi connectivity index (χ1) is 6.74. The van der Waals surface area contributed by atoms with Crippen molar-refractivity contribution >= 4 is 0 Å². The molecule has 2 heteroatoms. The Morgan fingerprint density at radius 1 is 1.57 bits per heavy atom. The van der Waals surface area contributed by atoms with Crippen LogP contribution in [0.25, 0.3) is 0 Å². The van der Waals surface area contributed by atoms with Gasteiger partial charge in [-0.3, -0.25) is 0 Å². The molecule has 0 aromatic heterocycles. The first-order valence-corrected chi connectivity index (χ1v) is 5.25. The van der Waals surface area contributed by atoms with Crippen molar-refractivity contribution < 1.29 is 5.11 Å². The summed E-state index contributed by atoms with van der Waals surface area (Å²) in [6.45, 7) is 2.85. The molecule has 0 aliphatic heterocycles. The monoisotopic (exact) mass is 191 g/mol. The number of hydrogen-bond acceptors (Lipinski definition) is 2. The van der Waals surface area contributed by atoms with Crippen molar-refractivity contribution in [1.82, 2.24) is 0 Å². The van der Waals surface area contributed by atoms with Crippen molar-refractivity contribution in [3.63, 3.8) is 0 Å². The quantitative estimate of drug-likeness (QED) is 0.751. The van der Waals surface area contributed by atoms with Crippen LogP contribution < -0.4 is 5.73 Å². The molecule has 2 unspecified atom stereocenters. The van der Waals surface area contributed by atoms with E-state index >= 15 is 0 Å². The second-order valence-electron chi connectivity index (χ2n) is 4.21. The van der Waals surface area contributed by atoms with E-state index < -0.39 is 0 Å². The Hall–Kier alpha value is -1.02. The molecule has 0 fully saturated rings. The maximum absolute atomic E-state index is 9.81. The van der Waals surface area contributed by atoms with Crippen molar-refractivity contribution in [2.45, 2.75) is 25.7 Å². The van der Waals surface area contributed by atoms with Crippen LogP contribution in [-0.2, 0) is 6.42 Å². The summed E-state index contributed by atoms with van der Waals surface area (Å²) in [5.74, 6) is 1.37. The third-order valence-corrected chi connectivity index (χ3v) is 3.33. The molecule has 3 N–H and O–H groups in total. The summed E-state index contributed by atoms with van der Waals surface area (Å²) in [7, 11) is 0. The lowest BCUT2D eigenvalue weighted by molar-refractivity contribution is 0.428. The smallest absolute Gasteiger partial charge is 0.119 e. The van der Waals surface area contributed by atoms with Crippen LogP contribution in [0.1, 0.15) is 30.4 Å². The molecular formula is C12H17NO. The van der Waals surface area contributed by atoms with Gasteiger partial charge in [-0.05, 0) is 42.9 Å². The molecule has 0 saturated carbocycles. The van der Waals surface area contributed by atoms with Gasteiger partial charge in [-0.15, -0.1) is 0 Å². The summed E-state index contributed by atoms with van der Waals surface area (Å²) in [4.78, 5) is 0. The van der Waals surface area contributed by atoms with Crippen LogP contribution in [0.3, 0.4) is 0 Å². The Bertz CT molecular complexity index is 335. The molecule has 0 saturated heterocycles. The number of rotatable bonds is 2. The zero-order valence-electron chi connectivity index (χ0n) is 8.53. The fraction of sp³-hybridized carbons (Fsp3) is 0.500. The highest BCUT2D eigenvalue weighted by atomic mass is 16.3. The van der Waals surface area contributed by atoms with E-state index in [1.807, 2.05) is 6.07 Å². The molecule has 1 aliphatic carbocycles. The minimum Gasteiger partial charge on any atom is -0.508 e. The summed E-state index contributed by atoms with van der Waals surface area (Å²) in [6, 6.07) is 5.81. The van der Waals surface area contributed by atoms with Crippen molar-refractivity contribution in [2.24, 2.45) is 11.7 Å². The molecular weight excluding hydrogens is 174 g/mol.